The highest BCUT2D eigenvalue weighted by Crippen LogP contribution is 2.38. The van der Waals surface area contributed by atoms with Crippen LogP contribution in [0, 0.1) is 13.8 Å². The number of hydrazine groups is 1. The van der Waals surface area contributed by atoms with Crippen LogP contribution in [-0.4, -0.2) is 22.0 Å². The molecular formula is C14H22N2S2. The summed E-state index contributed by atoms with van der Waals surface area (Å²) in [5.41, 5.74) is 6.98. The summed E-state index contributed by atoms with van der Waals surface area (Å²) in [5.74, 6) is 8.31. The van der Waals surface area contributed by atoms with Crippen LogP contribution in [-0.2, 0) is 0 Å². The Labute approximate surface area is 118 Å². The molecule has 3 atom stereocenters. The van der Waals surface area contributed by atoms with E-state index in [1.54, 1.807) is 0 Å². The molecule has 0 saturated carbocycles. The minimum absolute atomic E-state index is 0.247. The molecule has 0 aromatic heterocycles. The van der Waals surface area contributed by atoms with Crippen molar-refractivity contribution in [2.24, 2.45) is 5.84 Å². The monoisotopic (exact) mass is 282 g/mol. The van der Waals surface area contributed by atoms with Gasteiger partial charge in [-0.2, -0.15) is 23.5 Å². The van der Waals surface area contributed by atoms with E-state index in [1.807, 2.05) is 11.8 Å². The lowest BCUT2D eigenvalue weighted by molar-refractivity contribution is 0.526. The third-order valence-electron chi connectivity index (χ3n) is 3.35. The molecule has 0 amide bonds. The van der Waals surface area contributed by atoms with Crippen molar-refractivity contribution in [2.75, 3.05) is 11.5 Å². The number of nitrogens with one attached hydrogen (secondary N) is 1. The van der Waals surface area contributed by atoms with E-state index in [2.05, 4.69) is 56.2 Å². The highest BCUT2D eigenvalue weighted by Gasteiger charge is 2.30. The molecule has 1 aromatic carbocycles. The standard InChI is InChI=1S/C14H22N2S2/c1-9-6-10(2)8-12(7-9)13(16-15)14-11(3)17-4-5-18-14/h6-8,11,13-14,16H,4-5,15H2,1-3H3. The fourth-order valence-electron chi connectivity index (χ4n) is 2.59. The number of aryl methyl sites for hydroxylation is 2. The van der Waals surface area contributed by atoms with Crippen LogP contribution in [0.3, 0.4) is 0 Å². The van der Waals surface area contributed by atoms with Gasteiger partial charge in [0.15, 0.2) is 0 Å². The van der Waals surface area contributed by atoms with Crippen molar-refractivity contribution < 1.29 is 0 Å². The fourth-order valence-corrected chi connectivity index (χ4v) is 5.52. The van der Waals surface area contributed by atoms with Crippen molar-refractivity contribution >= 4 is 23.5 Å². The second-order valence-corrected chi connectivity index (χ2v) is 7.75. The zero-order valence-electron chi connectivity index (χ0n) is 11.3. The highest BCUT2D eigenvalue weighted by molar-refractivity contribution is 8.07. The molecule has 3 N–H and O–H groups in total. The van der Waals surface area contributed by atoms with Crippen molar-refractivity contribution in [3.8, 4) is 0 Å². The van der Waals surface area contributed by atoms with Gasteiger partial charge in [0.2, 0.25) is 0 Å². The van der Waals surface area contributed by atoms with Gasteiger partial charge in [0, 0.05) is 22.0 Å². The number of benzene rings is 1. The van der Waals surface area contributed by atoms with Gasteiger partial charge >= 0.3 is 0 Å². The second kappa shape index (κ2) is 6.33. The summed E-state index contributed by atoms with van der Waals surface area (Å²) in [6.45, 7) is 6.61. The molecule has 0 aliphatic carbocycles. The van der Waals surface area contributed by atoms with Crippen molar-refractivity contribution in [3.63, 3.8) is 0 Å². The summed E-state index contributed by atoms with van der Waals surface area (Å²) in [4.78, 5) is 0. The Hall–Kier alpha value is -0.160. The first kappa shape index (κ1) is 14.3. The summed E-state index contributed by atoms with van der Waals surface area (Å²) in [6, 6.07) is 6.97. The molecule has 1 aliphatic rings. The Balaban J connectivity index is 2.26. The predicted octanol–water partition coefficient (Wildman–Crippen LogP) is 3.04. The molecule has 100 valence electrons. The van der Waals surface area contributed by atoms with Gasteiger partial charge < -0.3 is 0 Å². The molecule has 1 aromatic rings. The van der Waals surface area contributed by atoms with Crippen LogP contribution in [0.25, 0.3) is 0 Å². The molecule has 2 nitrogen and oxygen atoms in total. The van der Waals surface area contributed by atoms with E-state index >= 15 is 0 Å². The van der Waals surface area contributed by atoms with Gasteiger partial charge in [-0.05, 0) is 19.4 Å². The van der Waals surface area contributed by atoms with Gasteiger partial charge in [0.25, 0.3) is 0 Å². The van der Waals surface area contributed by atoms with Crippen molar-refractivity contribution in [2.45, 2.75) is 37.3 Å². The van der Waals surface area contributed by atoms with Crippen LogP contribution < -0.4 is 11.3 Å². The van der Waals surface area contributed by atoms with Gasteiger partial charge in [0.1, 0.15) is 0 Å². The van der Waals surface area contributed by atoms with E-state index < -0.39 is 0 Å². The zero-order valence-corrected chi connectivity index (χ0v) is 12.9. The number of thioether (sulfide) groups is 2. The number of rotatable bonds is 3. The molecule has 0 spiro atoms. The van der Waals surface area contributed by atoms with Crippen molar-refractivity contribution in [1.29, 1.82) is 0 Å². The van der Waals surface area contributed by atoms with E-state index in [9.17, 15) is 0 Å². The predicted molar refractivity (Wildman–Crippen MR) is 84.1 cm³/mol. The normalized spacial score (nSPS) is 26.0. The van der Waals surface area contributed by atoms with Crippen molar-refractivity contribution in [3.05, 3.63) is 34.9 Å². The molecule has 2 rings (SSSR count). The van der Waals surface area contributed by atoms with Gasteiger partial charge in [-0.3, -0.25) is 11.3 Å². The van der Waals surface area contributed by atoms with E-state index in [0.717, 1.165) is 0 Å². The Kier molecular flexibility index (Phi) is 5.01. The van der Waals surface area contributed by atoms with E-state index in [0.29, 0.717) is 10.5 Å². The zero-order chi connectivity index (χ0) is 13.1. The highest BCUT2D eigenvalue weighted by atomic mass is 32.2. The smallest absolute Gasteiger partial charge is 0.0589 e. The number of hydrogen-bond donors (Lipinski definition) is 2. The lowest BCUT2D eigenvalue weighted by Gasteiger charge is -2.34. The third kappa shape index (κ3) is 3.23. The number of hydrogen-bond acceptors (Lipinski definition) is 4. The van der Waals surface area contributed by atoms with Gasteiger partial charge in [0.05, 0.1) is 6.04 Å². The maximum atomic E-state index is 5.83. The Morgan fingerprint density at radius 2 is 1.78 bits per heavy atom. The Morgan fingerprint density at radius 3 is 2.33 bits per heavy atom. The first-order valence-electron chi connectivity index (χ1n) is 6.39. The van der Waals surface area contributed by atoms with E-state index in [-0.39, 0.29) is 6.04 Å². The largest absolute Gasteiger partial charge is 0.271 e. The molecule has 0 radical (unpaired) electrons. The van der Waals surface area contributed by atoms with Gasteiger partial charge in [-0.1, -0.05) is 36.2 Å². The maximum absolute atomic E-state index is 5.83. The van der Waals surface area contributed by atoms with Crippen LogP contribution in [0.4, 0.5) is 0 Å². The Bertz CT molecular complexity index is 389. The topological polar surface area (TPSA) is 38.0 Å². The van der Waals surface area contributed by atoms with Crippen LogP contribution in [0.5, 0.6) is 0 Å². The summed E-state index contributed by atoms with van der Waals surface area (Å²) < 4.78 is 0. The molecular weight excluding hydrogens is 260 g/mol. The summed E-state index contributed by atoms with van der Waals surface area (Å²) in [7, 11) is 0. The number of nitrogens with two attached hydrogens (primary N) is 1. The SMILES string of the molecule is Cc1cc(C)cc(C(NN)C2SCCSC2C)c1. The third-order valence-corrected chi connectivity index (χ3v) is 6.54. The van der Waals surface area contributed by atoms with Gasteiger partial charge in [-0.25, -0.2) is 0 Å². The average molecular weight is 282 g/mol. The van der Waals surface area contributed by atoms with E-state index in [4.69, 9.17) is 5.84 Å². The summed E-state index contributed by atoms with van der Waals surface area (Å²) >= 11 is 4.10. The first-order chi connectivity index (χ1) is 8.61. The van der Waals surface area contributed by atoms with Crippen LogP contribution >= 0.6 is 23.5 Å². The second-order valence-electron chi connectivity index (χ2n) is 4.98. The molecule has 1 heterocycles. The van der Waals surface area contributed by atoms with Crippen LogP contribution in [0.2, 0.25) is 0 Å². The first-order valence-corrected chi connectivity index (χ1v) is 8.49. The summed E-state index contributed by atoms with van der Waals surface area (Å²) in [6.07, 6.45) is 0. The Morgan fingerprint density at radius 1 is 1.17 bits per heavy atom. The summed E-state index contributed by atoms with van der Waals surface area (Å²) in [5, 5.41) is 1.19. The van der Waals surface area contributed by atoms with E-state index in [1.165, 1.54) is 28.2 Å². The quantitative estimate of drug-likeness (QED) is 0.660. The molecule has 1 saturated heterocycles. The molecule has 18 heavy (non-hydrogen) atoms. The average Bonchev–Trinajstić information content (AvgIpc) is 2.31. The molecule has 0 bridgehead atoms. The lowest BCUT2D eigenvalue weighted by Crippen LogP contribution is -2.41. The molecule has 4 heteroatoms. The lowest BCUT2D eigenvalue weighted by atomic mass is 9.98. The fraction of sp³-hybridized carbons (Fsp3) is 0.571. The molecule has 1 aliphatic heterocycles. The maximum Gasteiger partial charge on any atom is 0.0589 e. The van der Waals surface area contributed by atoms with Gasteiger partial charge in [-0.15, -0.1) is 0 Å². The molecule has 1 fully saturated rings. The minimum atomic E-state index is 0.247. The minimum Gasteiger partial charge on any atom is -0.271 e. The van der Waals surface area contributed by atoms with Crippen molar-refractivity contribution in [1.82, 2.24) is 5.43 Å². The van der Waals surface area contributed by atoms with Crippen LogP contribution in [0.15, 0.2) is 18.2 Å². The molecule has 3 unspecified atom stereocenters. The van der Waals surface area contributed by atoms with Crippen LogP contribution in [0.1, 0.15) is 29.7 Å².